The molecule has 2 aromatic carbocycles. The van der Waals surface area contributed by atoms with Crippen molar-refractivity contribution in [2.24, 2.45) is 5.92 Å². The first kappa shape index (κ1) is 24.9. The maximum Gasteiger partial charge on any atom is 0.270 e. The minimum absolute atomic E-state index is 0.00606. The van der Waals surface area contributed by atoms with Gasteiger partial charge in [-0.05, 0) is 41.0 Å². The van der Waals surface area contributed by atoms with E-state index in [1.165, 1.54) is 28.0 Å². The summed E-state index contributed by atoms with van der Waals surface area (Å²) < 4.78 is 0. The molecule has 182 valence electrons. The lowest BCUT2D eigenvalue weighted by Crippen LogP contribution is -2.47. The number of carbonyl (C=O) groups is 2. The number of halogens is 1. The Morgan fingerprint density at radius 3 is 2.60 bits per heavy atom. The summed E-state index contributed by atoms with van der Waals surface area (Å²) in [6.07, 6.45) is 0.772. The van der Waals surface area contributed by atoms with Crippen molar-refractivity contribution < 1.29 is 14.5 Å². The lowest BCUT2D eigenvalue weighted by Gasteiger charge is -2.38. The molecule has 7 nitrogen and oxygen atoms in total. The van der Waals surface area contributed by atoms with Gasteiger partial charge in [0.2, 0.25) is 5.91 Å². The zero-order chi connectivity index (χ0) is 25.1. The van der Waals surface area contributed by atoms with E-state index in [2.05, 4.69) is 11.4 Å². The molecule has 1 aliphatic heterocycles. The van der Waals surface area contributed by atoms with E-state index in [4.69, 9.17) is 11.6 Å². The summed E-state index contributed by atoms with van der Waals surface area (Å²) >= 11 is 7.94. The molecule has 1 aliphatic rings. The summed E-state index contributed by atoms with van der Waals surface area (Å²) in [4.78, 5) is 42.2. The fourth-order valence-electron chi connectivity index (χ4n) is 4.46. The Hall–Kier alpha value is -3.23. The first-order valence-electron chi connectivity index (χ1n) is 11.4. The monoisotopic (exact) mass is 511 g/mol. The predicted molar refractivity (Wildman–Crippen MR) is 137 cm³/mol. The fraction of sp³-hybridized carbons (Fsp3) is 0.308. The standard InChI is InChI=1S/C26H26ClN3O4S/c1-17(2)15-28(26(32)20-9-8-19(30(33)34)14-22(20)27)16-24(31)29-12-10-23-21(11-13-35-23)25(29)18-6-4-3-5-7-18/h3-9,11,13-14,17,25H,10,12,15-16H2,1-2H3. The van der Waals surface area contributed by atoms with Gasteiger partial charge in [-0.1, -0.05) is 55.8 Å². The molecule has 0 saturated heterocycles. The average Bonchev–Trinajstić information content (AvgIpc) is 3.31. The summed E-state index contributed by atoms with van der Waals surface area (Å²) in [6, 6.07) is 15.5. The molecule has 0 N–H and O–H groups in total. The van der Waals surface area contributed by atoms with Crippen molar-refractivity contribution in [3.63, 3.8) is 0 Å². The van der Waals surface area contributed by atoms with Gasteiger partial charge in [-0.3, -0.25) is 19.7 Å². The van der Waals surface area contributed by atoms with Crippen molar-refractivity contribution >= 4 is 40.4 Å². The summed E-state index contributed by atoms with van der Waals surface area (Å²) in [7, 11) is 0. The van der Waals surface area contributed by atoms with Crippen molar-refractivity contribution in [3.8, 4) is 0 Å². The Bertz CT molecular complexity index is 1240. The number of fused-ring (bicyclic) bond motifs is 1. The summed E-state index contributed by atoms with van der Waals surface area (Å²) in [5.74, 6) is -0.461. The molecule has 0 spiro atoms. The van der Waals surface area contributed by atoms with Crippen molar-refractivity contribution in [1.82, 2.24) is 9.80 Å². The number of nitro groups is 1. The molecule has 35 heavy (non-hydrogen) atoms. The third-order valence-corrected chi connectivity index (χ3v) is 7.30. The molecular formula is C26H26ClN3O4S. The van der Waals surface area contributed by atoms with Crippen molar-refractivity contribution in [2.45, 2.75) is 26.3 Å². The Morgan fingerprint density at radius 1 is 1.20 bits per heavy atom. The van der Waals surface area contributed by atoms with Gasteiger partial charge in [0.1, 0.15) is 6.54 Å². The second-order valence-corrected chi connectivity index (χ2v) is 10.4. The summed E-state index contributed by atoms with van der Waals surface area (Å²) in [5, 5.41) is 13.1. The van der Waals surface area contributed by atoms with Gasteiger partial charge in [-0.15, -0.1) is 11.3 Å². The number of hydrogen-bond donors (Lipinski definition) is 0. The van der Waals surface area contributed by atoms with Crippen LogP contribution in [0.1, 0.15) is 46.3 Å². The Kier molecular flexibility index (Phi) is 7.52. The van der Waals surface area contributed by atoms with Gasteiger partial charge in [0.05, 0.1) is 21.6 Å². The van der Waals surface area contributed by atoms with Crippen LogP contribution in [0.2, 0.25) is 5.02 Å². The normalized spacial score (nSPS) is 15.1. The topological polar surface area (TPSA) is 83.8 Å². The average molecular weight is 512 g/mol. The molecule has 3 aromatic rings. The van der Waals surface area contributed by atoms with Crippen LogP contribution in [0.25, 0.3) is 0 Å². The van der Waals surface area contributed by atoms with Gasteiger partial charge in [0.15, 0.2) is 0 Å². The van der Waals surface area contributed by atoms with Gasteiger partial charge in [-0.25, -0.2) is 0 Å². The van der Waals surface area contributed by atoms with Crippen LogP contribution in [0.15, 0.2) is 60.0 Å². The van der Waals surface area contributed by atoms with E-state index in [0.717, 1.165) is 17.5 Å². The van der Waals surface area contributed by atoms with Crippen molar-refractivity contribution in [2.75, 3.05) is 19.6 Å². The lowest BCUT2D eigenvalue weighted by atomic mass is 9.93. The van der Waals surface area contributed by atoms with Crippen molar-refractivity contribution in [3.05, 3.63) is 96.7 Å². The molecule has 2 heterocycles. The molecule has 1 aromatic heterocycles. The quantitative estimate of drug-likeness (QED) is 0.306. The molecule has 1 unspecified atom stereocenters. The first-order chi connectivity index (χ1) is 16.8. The van der Waals surface area contributed by atoms with E-state index < -0.39 is 10.8 Å². The van der Waals surface area contributed by atoms with Crippen LogP contribution in [-0.2, 0) is 11.2 Å². The van der Waals surface area contributed by atoms with E-state index in [-0.39, 0.29) is 40.7 Å². The largest absolute Gasteiger partial charge is 0.330 e. The number of nitro benzene ring substituents is 1. The maximum atomic E-state index is 13.7. The van der Waals surface area contributed by atoms with Gasteiger partial charge in [0.25, 0.3) is 11.6 Å². The van der Waals surface area contributed by atoms with E-state index in [1.54, 1.807) is 11.3 Å². The number of carbonyl (C=O) groups excluding carboxylic acids is 2. The zero-order valence-electron chi connectivity index (χ0n) is 19.5. The number of nitrogens with zero attached hydrogens (tertiary/aromatic N) is 3. The number of thiophene rings is 1. The van der Waals surface area contributed by atoms with E-state index in [1.807, 2.05) is 49.1 Å². The molecule has 0 bridgehead atoms. The number of non-ortho nitro benzene ring substituents is 1. The highest BCUT2D eigenvalue weighted by Gasteiger charge is 2.34. The zero-order valence-corrected chi connectivity index (χ0v) is 21.1. The minimum atomic E-state index is -0.561. The number of benzene rings is 2. The highest BCUT2D eigenvalue weighted by atomic mass is 35.5. The van der Waals surface area contributed by atoms with E-state index >= 15 is 0 Å². The highest BCUT2D eigenvalue weighted by molar-refractivity contribution is 7.10. The number of hydrogen-bond acceptors (Lipinski definition) is 5. The lowest BCUT2D eigenvalue weighted by molar-refractivity contribution is -0.384. The van der Waals surface area contributed by atoms with Crippen LogP contribution >= 0.6 is 22.9 Å². The van der Waals surface area contributed by atoms with Crippen LogP contribution in [0.4, 0.5) is 5.69 Å². The third kappa shape index (κ3) is 5.39. The maximum absolute atomic E-state index is 13.7. The Labute approximate surface area is 213 Å². The van der Waals surface area contributed by atoms with Gasteiger partial charge in [-0.2, -0.15) is 0 Å². The van der Waals surface area contributed by atoms with Crippen LogP contribution in [0, 0.1) is 16.0 Å². The van der Waals surface area contributed by atoms with E-state index in [0.29, 0.717) is 13.1 Å². The molecule has 0 radical (unpaired) electrons. The van der Waals surface area contributed by atoms with Crippen LogP contribution in [-0.4, -0.2) is 46.2 Å². The smallest absolute Gasteiger partial charge is 0.270 e. The summed E-state index contributed by atoms with van der Waals surface area (Å²) in [6.45, 7) is 4.74. The molecule has 2 amide bonds. The minimum Gasteiger partial charge on any atom is -0.330 e. The molecule has 1 atom stereocenters. The fourth-order valence-corrected chi connectivity index (χ4v) is 5.61. The van der Waals surface area contributed by atoms with Gasteiger partial charge >= 0.3 is 0 Å². The van der Waals surface area contributed by atoms with Gasteiger partial charge < -0.3 is 9.80 Å². The molecule has 0 saturated carbocycles. The second kappa shape index (κ2) is 10.6. The Morgan fingerprint density at radius 2 is 1.94 bits per heavy atom. The molecule has 0 fully saturated rings. The first-order valence-corrected chi connectivity index (χ1v) is 12.7. The SMILES string of the molecule is CC(C)CN(CC(=O)N1CCc2sccc2C1c1ccccc1)C(=O)c1ccc([N+](=O)[O-])cc1Cl. The van der Waals surface area contributed by atoms with Crippen LogP contribution < -0.4 is 0 Å². The summed E-state index contributed by atoms with van der Waals surface area (Å²) in [5.41, 5.74) is 2.11. The Balaban J connectivity index is 1.62. The molecule has 4 rings (SSSR count). The number of amides is 2. The van der Waals surface area contributed by atoms with Crippen LogP contribution in [0.5, 0.6) is 0 Å². The predicted octanol–water partition coefficient (Wildman–Crippen LogP) is 5.58. The molecule has 0 aliphatic carbocycles. The molecule has 9 heteroatoms. The third-order valence-electron chi connectivity index (χ3n) is 5.99. The number of rotatable bonds is 7. The van der Waals surface area contributed by atoms with Gasteiger partial charge in [0, 0.05) is 30.1 Å². The molecular weight excluding hydrogens is 486 g/mol. The second-order valence-electron chi connectivity index (χ2n) is 8.95. The highest BCUT2D eigenvalue weighted by Crippen LogP contribution is 2.38. The van der Waals surface area contributed by atoms with Crippen LogP contribution in [0.3, 0.4) is 0 Å². The van der Waals surface area contributed by atoms with Crippen molar-refractivity contribution in [1.29, 1.82) is 0 Å². The van der Waals surface area contributed by atoms with E-state index in [9.17, 15) is 19.7 Å².